The Balaban J connectivity index is 1.61. The highest BCUT2D eigenvalue weighted by Crippen LogP contribution is 2.45. The third kappa shape index (κ3) is 4.83. The van der Waals surface area contributed by atoms with E-state index >= 15 is 0 Å². The number of benzene rings is 4. The van der Waals surface area contributed by atoms with Crippen molar-refractivity contribution in [3.8, 4) is 11.5 Å². The van der Waals surface area contributed by atoms with Crippen LogP contribution < -0.4 is 19.7 Å². The Labute approximate surface area is 220 Å². The lowest BCUT2D eigenvalue weighted by molar-refractivity contribution is -0.123. The van der Waals surface area contributed by atoms with Crippen molar-refractivity contribution in [2.45, 2.75) is 18.5 Å². The largest absolute Gasteiger partial charge is 0.497 e. The number of methoxy groups -OCH3 is 2. The number of amides is 2. The molecule has 5 rings (SSSR count). The molecule has 0 bridgehead atoms. The Morgan fingerprint density at radius 3 is 2.08 bits per heavy atom. The summed E-state index contributed by atoms with van der Waals surface area (Å²) in [5.74, 6) is -0.157. The zero-order valence-corrected chi connectivity index (χ0v) is 21.1. The van der Waals surface area contributed by atoms with Crippen LogP contribution in [0.2, 0.25) is 0 Å². The van der Waals surface area contributed by atoms with Crippen LogP contribution in [0.4, 0.5) is 10.1 Å². The van der Waals surface area contributed by atoms with Crippen LogP contribution in [0, 0.1) is 5.82 Å². The number of hydrogen-bond donors (Lipinski definition) is 1. The average Bonchev–Trinajstić information content (AvgIpc) is 2.97. The number of fused-ring (bicyclic) bond motifs is 1. The molecule has 4 aromatic rings. The number of rotatable bonds is 7. The minimum atomic E-state index is -0.708. The summed E-state index contributed by atoms with van der Waals surface area (Å²) in [5.41, 5.74) is 3.32. The highest BCUT2D eigenvalue weighted by molar-refractivity contribution is 6.11. The van der Waals surface area contributed by atoms with E-state index in [0.717, 1.165) is 11.1 Å². The molecular weight excluding hydrogens is 483 g/mol. The van der Waals surface area contributed by atoms with Gasteiger partial charge in [0.25, 0.3) is 5.91 Å². The van der Waals surface area contributed by atoms with Gasteiger partial charge < -0.3 is 14.8 Å². The van der Waals surface area contributed by atoms with E-state index in [0.29, 0.717) is 28.3 Å². The summed E-state index contributed by atoms with van der Waals surface area (Å²) < 4.78 is 24.0. The van der Waals surface area contributed by atoms with Crippen molar-refractivity contribution in [2.75, 3.05) is 19.1 Å². The fourth-order valence-electron chi connectivity index (χ4n) is 4.89. The number of ether oxygens (including phenoxy) is 2. The van der Waals surface area contributed by atoms with E-state index in [1.807, 2.05) is 48.5 Å². The maximum absolute atomic E-state index is 14.0. The number of hydrogen-bond acceptors (Lipinski definition) is 4. The van der Waals surface area contributed by atoms with E-state index in [9.17, 15) is 14.0 Å². The minimum absolute atomic E-state index is 0.200. The Bertz CT molecular complexity index is 1440. The third-order valence-corrected chi connectivity index (χ3v) is 6.81. The lowest BCUT2D eigenvalue weighted by Gasteiger charge is -2.42. The predicted molar refractivity (Wildman–Crippen MR) is 143 cm³/mol. The Morgan fingerprint density at radius 2 is 1.45 bits per heavy atom. The standard InChI is InChI=1S/C31H27FN2O4/c1-37-24-15-9-21(10-16-24)29-28(30(35)33-19-20-7-11-22(32)12-8-20)26-5-3-4-6-27(26)31(36)34(29)23-13-17-25(38-2)18-14-23/h3-18,28-29H,19H2,1-2H3,(H,33,35)/t28-,29+/m1/s1. The lowest BCUT2D eigenvalue weighted by Crippen LogP contribution is -2.47. The SMILES string of the molecule is COc1ccc([C@H]2[C@H](C(=O)NCc3ccc(F)cc3)c3ccccc3C(=O)N2c2ccc(OC)cc2)cc1. The molecule has 192 valence electrons. The highest BCUT2D eigenvalue weighted by atomic mass is 19.1. The molecule has 0 radical (unpaired) electrons. The van der Waals surface area contributed by atoms with E-state index in [1.54, 1.807) is 55.5 Å². The monoisotopic (exact) mass is 510 g/mol. The van der Waals surface area contributed by atoms with Gasteiger partial charge in [-0.3, -0.25) is 14.5 Å². The number of halogens is 1. The molecule has 0 saturated heterocycles. The molecule has 1 aliphatic rings. The molecule has 1 aliphatic heterocycles. The number of anilines is 1. The molecule has 0 spiro atoms. The molecule has 7 heteroatoms. The van der Waals surface area contributed by atoms with Crippen molar-refractivity contribution in [3.05, 3.63) is 125 Å². The average molecular weight is 511 g/mol. The predicted octanol–water partition coefficient (Wildman–Crippen LogP) is 5.64. The molecule has 4 aromatic carbocycles. The lowest BCUT2D eigenvalue weighted by atomic mass is 9.78. The maximum atomic E-state index is 14.0. The summed E-state index contributed by atoms with van der Waals surface area (Å²) in [5, 5.41) is 3.01. The number of nitrogens with zero attached hydrogens (tertiary/aromatic N) is 1. The van der Waals surface area contributed by atoms with Gasteiger partial charge in [0.2, 0.25) is 5.91 Å². The first-order valence-corrected chi connectivity index (χ1v) is 12.2. The van der Waals surface area contributed by atoms with Crippen LogP contribution in [0.3, 0.4) is 0 Å². The second-order valence-electron chi connectivity index (χ2n) is 9.00. The van der Waals surface area contributed by atoms with Gasteiger partial charge in [-0.05, 0) is 71.3 Å². The number of nitrogens with one attached hydrogen (secondary N) is 1. The Morgan fingerprint density at radius 1 is 0.842 bits per heavy atom. The maximum Gasteiger partial charge on any atom is 0.259 e. The summed E-state index contributed by atoms with van der Waals surface area (Å²) in [6.45, 7) is 0.226. The van der Waals surface area contributed by atoms with Gasteiger partial charge in [-0.2, -0.15) is 0 Å². The van der Waals surface area contributed by atoms with Crippen molar-refractivity contribution >= 4 is 17.5 Å². The van der Waals surface area contributed by atoms with Crippen LogP contribution in [0.15, 0.2) is 97.1 Å². The molecule has 2 amide bonds. The van der Waals surface area contributed by atoms with Crippen LogP contribution in [-0.4, -0.2) is 26.0 Å². The van der Waals surface area contributed by atoms with Gasteiger partial charge in [0.05, 0.1) is 26.2 Å². The zero-order valence-electron chi connectivity index (χ0n) is 21.1. The molecule has 0 aliphatic carbocycles. The second kappa shape index (κ2) is 10.8. The molecular formula is C31H27FN2O4. The van der Waals surface area contributed by atoms with Crippen LogP contribution in [-0.2, 0) is 11.3 Å². The van der Waals surface area contributed by atoms with Crippen molar-refractivity contribution in [3.63, 3.8) is 0 Å². The number of carbonyl (C=O) groups excluding carboxylic acids is 2. The van der Waals surface area contributed by atoms with E-state index in [4.69, 9.17) is 9.47 Å². The van der Waals surface area contributed by atoms with Gasteiger partial charge in [-0.25, -0.2) is 4.39 Å². The van der Waals surface area contributed by atoms with Crippen LogP contribution >= 0.6 is 0 Å². The summed E-state index contributed by atoms with van der Waals surface area (Å²) in [4.78, 5) is 29.6. The number of carbonyl (C=O) groups is 2. The normalized spacial score (nSPS) is 16.5. The smallest absolute Gasteiger partial charge is 0.259 e. The van der Waals surface area contributed by atoms with Crippen molar-refractivity contribution in [2.24, 2.45) is 0 Å². The van der Waals surface area contributed by atoms with Crippen molar-refractivity contribution in [1.82, 2.24) is 5.32 Å². The molecule has 2 atom stereocenters. The fourth-order valence-corrected chi connectivity index (χ4v) is 4.89. The van der Waals surface area contributed by atoms with Crippen LogP contribution in [0.5, 0.6) is 11.5 Å². The van der Waals surface area contributed by atoms with Gasteiger partial charge in [0.1, 0.15) is 17.3 Å². The van der Waals surface area contributed by atoms with Gasteiger partial charge in [0.15, 0.2) is 0 Å². The molecule has 1 N–H and O–H groups in total. The summed E-state index contributed by atoms with van der Waals surface area (Å²) in [6.07, 6.45) is 0. The molecule has 0 fully saturated rings. The first-order valence-electron chi connectivity index (χ1n) is 12.2. The zero-order chi connectivity index (χ0) is 26.6. The van der Waals surface area contributed by atoms with Crippen LogP contribution in [0.25, 0.3) is 0 Å². The topological polar surface area (TPSA) is 67.9 Å². The second-order valence-corrected chi connectivity index (χ2v) is 9.00. The molecule has 1 heterocycles. The summed E-state index contributed by atoms with van der Waals surface area (Å²) in [7, 11) is 3.17. The van der Waals surface area contributed by atoms with Crippen molar-refractivity contribution in [1.29, 1.82) is 0 Å². The molecule has 38 heavy (non-hydrogen) atoms. The first kappa shape index (κ1) is 25.0. The third-order valence-electron chi connectivity index (χ3n) is 6.81. The summed E-state index contributed by atoms with van der Waals surface area (Å²) in [6, 6.07) is 27.2. The van der Waals surface area contributed by atoms with E-state index in [-0.39, 0.29) is 24.2 Å². The molecule has 6 nitrogen and oxygen atoms in total. The van der Waals surface area contributed by atoms with E-state index in [2.05, 4.69) is 5.32 Å². The fraction of sp³-hybridized carbons (Fsp3) is 0.161. The van der Waals surface area contributed by atoms with Gasteiger partial charge in [-0.15, -0.1) is 0 Å². The quantitative estimate of drug-likeness (QED) is 0.349. The summed E-state index contributed by atoms with van der Waals surface area (Å²) >= 11 is 0. The van der Waals surface area contributed by atoms with Crippen molar-refractivity contribution < 1.29 is 23.5 Å². The molecule has 0 saturated carbocycles. The van der Waals surface area contributed by atoms with Gasteiger partial charge in [0, 0.05) is 17.8 Å². The molecule has 0 aromatic heterocycles. The first-order chi connectivity index (χ1) is 18.5. The highest BCUT2D eigenvalue weighted by Gasteiger charge is 2.44. The van der Waals surface area contributed by atoms with Gasteiger partial charge in [-0.1, -0.05) is 42.5 Å². The van der Waals surface area contributed by atoms with Crippen LogP contribution in [0.1, 0.15) is 39.0 Å². The van der Waals surface area contributed by atoms with Gasteiger partial charge >= 0.3 is 0 Å². The Hall–Kier alpha value is -4.65. The van der Waals surface area contributed by atoms with E-state index in [1.165, 1.54) is 12.1 Å². The Kier molecular flexibility index (Phi) is 7.09. The minimum Gasteiger partial charge on any atom is -0.497 e. The molecule has 0 unspecified atom stereocenters. The van der Waals surface area contributed by atoms with E-state index < -0.39 is 12.0 Å².